The minimum Gasteiger partial charge on any atom is -0.468 e. The highest BCUT2D eigenvalue weighted by atomic mass is 35.5. The Morgan fingerprint density at radius 2 is 2.00 bits per heavy atom. The first-order valence-corrected chi connectivity index (χ1v) is 5.66. The van der Waals surface area contributed by atoms with Crippen molar-refractivity contribution in [2.75, 3.05) is 7.11 Å². The molecule has 0 amide bonds. The van der Waals surface area contributed by atoms with Gasteiger partial charge >= 0.3 is 5.97 Å². The second-order valence-corrected chi connectivity index (χ2v) is 4.33. The van der Waals surface area contributed by atoms with E-state index in [0.717, 1.165) is 5.56 Å². The molecule has 1 aromatic carbocycles. The lowest BCUT2D eigenvalue weighted by Crippen LogP contribution is -2.41. The molecule has 5 heteroatoms. The van der Waals surface area contributed by atoms with Crippen molar-refractivity contribution >= 4 is 29.2 Å². The molecule has 0 saturated heterocycles. The van der Waals surface area contributed by atoms with Crippen LogP contribution in [-0.4, -0.2) is 24.1 Å². The first-order chi connectivity index (χ1) is 7.63. The SMILES string of the molecule is COC(=O)[C@H](Cc1ccccc1)NC(Cl)Cl. The van der Waals surface area contributed by atoms with Crippen molar-refractivity contribution in [1.29, 1.82) is 0 Å². The second-order valence-electron chi connectivity index (χ2n) is 3.23. The number of carbonyl (C=O) groups is 1. The van der Waals surface area contributed by atoms with Gasteiger partial charge in [-0.25, -0.2) is 0 Å². The molecular weight excluding hydrogens is 249 g/mol. The fourth-order valence-corrected chi connectivity index (χ4v) is 1.66. The summed E-state index contributed by atoms with van der Waals surface area (Å²) < 4.78 is 4.67. The molecule has 0 heterocycles. The first-order valence-electron chi connectivity index (χ1n) is 4.79. The Bertz CT molecular complexity index is 330. The van der Waals surface area contributed by atoms with Crippen LogP contribution in [0.3, 0.4) is 0 Å². The molecule has 0 fully saturated rings. The third-order valence-corrected chi connectivity index (χ3v) is 2.35. The molecule has 0 bridgehead atoms. The van der Waals surface area contributed by atoms with Gasteiger partial charge in [0.2, 0.25) is 0 Å². The highest BCUT2D eigenvalue weighted by Gasteiger charge is 2.21. The quantitative estimate of drug-likeness (QED) is 0.502. The summed E-state index contributed by atoms with van der Waals surface area (Å²) in [5, 5.41) is 2.74. The summed E-state index contributed by atoms with van der Waals surface area (Å²) in [6.45, 7) is 0. The van der Waals surface area contributed by atoms with E-state index in [9.17, 15) is 4.79 Å². The number of nitrogens with one attached hydrogen (secondary N) is 1. The van der Waals surface area contributed by atoms with Crippen LogP contribution in [0, 0.1) is 0 Å². The maximum atomic E-state index is 11.4. The summed E-state index contributed by atoms with van der Waals surface area (Å²) in [5.74, 6) is -0.379. The molecule has 0 aliphatic carbocycles. The Morgan fingerprint density at radius 3 is 2.50 bits per heavy atom. The Hall–Kier alpha value is -0.770. The normalized spacial score (nSPS) is 12.5. The lowest BCUT2D eigenvalue weighted by atomic mass is 10.1. The van der Waals surface area contributed by atoms with Crippen molar-refractivity contribution < 1.29 is 9.53 Å². The average Bonchev–Trinajstić information content (AvgIpc) is 2.28. The van der Waals surface area contributed by atoms with E-state index < -0.39 is 11.0 Å². The van der Waals surface area contributed by atoms with Crippen LogP contribution in [0.15, 0.2) is 30.3 Å². The van der Waals surface area contributed by atoms with E-state index in [1.165, 1.54) is 7.11 Å². The van der Waals surface area contributed by atoms with Crippen LogP contribution >= 0.6 is 23.2 Å². The summed E-state index contributed by atoms with van der Waals surface area (Å²) in [7, 11) is 1.33. The van der Waals surface area contributed by atoms with E-state index in [2.05, 4.69) is 10.1 Å². The monoisotopic (exact) mass is 261 g/mol. The van der Waals surface area contributed by atoms with E-state index in [1.807, 2.05) is 30.3 Å². The number of carbonyl (C=O) groups excluding carboxylic acids is 1. The van der Waals surface area contributed by atoms with Gasteiger partial charge in [0.25, 0.3) is 0 Å². The van der Waals surface area contributed by atoms with Crippen LogP contribution in [0.5, 0.6) is 0 Å². The number of esters is 1. The summed E-state index contributed by atoms with van der Waals surface area (Å²) in [4.78, 5) is 10.7. The number of alkyl halides is 2. The van der Waals surface area contributed by atoms with Gasteiger partial charge in [-0.2, -0.15) is 0 Å². The van der Waals surface area contributed by atoms with Gasteiger partial charge in [-0.05, 0) is 12.0 Å². The summed E-state index contributed by atoms with van der Waals surface area (Å²) in [5.41, 5.74) is 1.01. The van der Waals surface area contributed by atoms with Crippen molar-refractivity contribution in [3.05, 3.63) is 35.9 Å². The Labute approximate surface area is 105 Å². The van der Waals surface area contributed by atoms with E-state index in [-0.39, 0.29) is 5.97 Å². The standard InChI is InChI=1S/C11H13Cl2NO2/c1-16-10(15)9(14-11(12)13)7-8-5-3-2-4-6-8/h2-6,9,11,14H,7H2,1H3/t9-/m0/s1. The Morgan fingerprint density at radius 1 is 1.38 bits per heavy atom. The lowest BCUT2D eigenvalue weighted by molar-refractivity contribution is -0.143. The van der Waals surface area contributed by atoms with Crippen LogP contribution < -0.4 is 5.32 Å². The highest BCUT2D eigenvalue weighted by molar-refractivity contribution is 6.44. The van der Waals surface area contributed by atoms with Gasteiger partial charge in [-0.15, -0.1) is 0 Å². The van der Waals surface area contributed by atoms with Crippen molar-refractivity contribution in [2.24, 2.45) is 0 Å². The zero-order valence-electron chi connectivity index (χ0n) is 8.82. The van der Waals surface area contributed by atoms with Crippen molar-refractivity contribution in [1.82, 2.24) is 5.32 Å². The third-order valence-electron chi connectivity index (χ3n) is 2.10. The number of ether oxygens (including phenoxy) is 1. The molecule has 0 aromatic heterocycles. The lowest BCUT2D eigenvalue weighted by Gasteiger charge is -2.16. The molecule has 0 radical (unpaired) electrons. The van der Waals surface area contributed by atoms with Crippen LogP contribution in [0.4, 0.5) is 0 Å². The highest BCUT2D eigenvalue weighted by Crippen LogP contribution is 2.07. The molecule has 88 valence electrons. The molecule has 0 spiro atoms. The van der Waals surface area contributed by atoms with Crippen LogP contribution in [0.25, 0.3) is 0 Å². The fourth-order valence-electron chi connectivity index (χ4n) is 1.35. The first kappa shape index (κ1) is 13.3. The van der Waals surface area contributed by atoms with Crippen LogP contribution in [0.1, 0.15) is 5.56 Å². The van der Waals surface area contributed by atoms with E-state index >= 15 is 0 Å². The summed E-state index contributed by atoms with van der Waals surface area (Å²) in [6.07, 6.45) is 0.490. The largest absolute Gasteiger partial charge is 0.468 e. The minimum atomic E-state index is -0.798. The topological polar surface area (TPSA) is 38.3 Å². The fraction of sp³-hybridized carbons (Fsp3) is 0.364. The molecule has 16 heavy (non-hydrogen) atoms. The third kappa shape index (κ3) is 4.39. The molecule has 3 nitrogen and oxygen atoms in total. The Kier molecular flexibility index (Phi) is 5.60. The molecule has 1 atom stereocenters. The van der Waals surface area contributed by atoms with Crippen LogP contribution in [0.2, 0.25) is 0 Å². The zero-order valence-corrected chi connectivity index (χ0v) is 10.3. The van der Waals surface area contributed by atoms with Gasteiger partial charge in [0, 0.05) is 0 Å². The molecule has 0 unspecified atom stereocenters. The Balaban J connectivity index is 2.67. The maximum absolute atomic E-state index is 11.4. The van der Waals surface area contributed by atoms with Gasteiger partial charge in [-0.3, -0.25) is 10.1 Å². The molecule has 1 rings (SSSR count). The number of benzene rings is 1. The van der Waals surface area contributed by atoms with Gasteiger partial charge in [-0.1, -0.05) is 53.5 Å². The van der Waals surface area contributed by atoms with E-state index in [0.29, 0.717) is 6.42 Å². The predicted molar refractivity (Wildman–Crippen MR) is 64.6 cm³/mol. The summed E-state index contributed by atoms with van der Waals surface area (Å²) in [6, 6.07) is 9.04. The molecule has 1 aromatic rings. The second kappa shape index (κ2) is 6.74. The summed E-state index contributed by atoms with van der Waals surface area (Å²) >= 11 is 11.2. The molecule has 0 aliphatic rings. The van der Waals surface area contributed by atoms with E-state index in [4.69, 9.17) is 23.2 Å². The minimum absolute atomic E-state index is 0.379. The van der Waals surface area contributed by atoms with Gasteiger partial charge in [0.1, 0.15) is 6.04 Å². The van der Waals surface area contributed by atoms with Crippen molar-refractivity contribution in [3.63, 3.8) is 0 Å². The molecule has 0 aliphatic heterocycles. The zero-order chi connectivity index (χ0) is 12.0. The van der Waals surface area contributed by atoms with Gasteiger partial charge < -0.3 is 4.74 Å². The van der Waals surface area contributed by atoms with Crippen LogP contribution in [-0.2, 0) is 16.0 Å². The van der Waals surface area contributed by atoms with Crippen molar-refractivity contribution in [2.45, 2.75) is 17.4 Å². The number of rotatable bonds is 5. The van der Waals surface area contributed by atoms with Crippen molar-refractivity contribution in [3.8, 4) is 0 Å². The van der Waals surface area contributed by atoms with E-state index in [1.54, 1.807) is 0 Å². The molecule has 1 N–H and O–H groups in total. The number of methoxy groups -OCH3 is 1. The van der Waals surface area contributed by atoms with Gasteiger partial charge in [0.15, 0.2) is 4.96 Å². The average molecular weight is 262 g/mol. The number of halogens is 2. The number of hydrogen-bond acceptors (Lipinski definition) is 3. The van der Waals surface area contributed by atoms with Gasteiger partial charge in [0.05, 0.1) is 7.11 Å². The predicted octanol–water partition coefficient (Wildman–Crippen LogP) is 2.12. The molecular formula is C11H13Cl2NO2. The maximum Gasteiger partial charge on any atom is 0.323 e. The number of hydrogen-bond donors (Lipinski definition) is 1. The molecule has 0 saturated carbocycles. The smallest absolute Gasteiger partial charge is 0.323 e.